The van der Waals surface area contributed by atoms with E-state index < -0.39 is 15.4 Å². The molecule has 7 heteroatoms. The Bertz CT molecular complexity index is 1030. The van der Waals surface area contributed by atoms with Gasteiger partial charge in [0.05, 0.1) is 10.6 Å². The van der Waals surface area contributed by atoms with Gasteiger partial charge in [-0.3, -0.25) is 4.98 Å². The van der Waals surface area contributed by atoms with Gasteiger partial charge in [-0.25, -0.2) is 13.2 Å². The van der Waals surface area contributed by atoms with Crippen molar-refractivity contribution in [2.45, 2.75) is 50.0 Å². The summed E-state index contributed by atoms with van der Waals surface area (Å²) in [5.74, 6) is 0.382. The maximum Gasteiger partial charge on any atom is 0.410 e. The minimum absolute atomic E-state index is 0.242. The van der Waals surface area contributed by atoms with Crippen LogP contribution in [0.3, 0.4) is 0 Å². The van der Waals surface area contributed by atoms with E-state index in [-0.39, 0.29) is 6.09 Å². The molecule has 166 valence electrons. The molecular weight excluding hydrogens is 412 g/mol. The maximum absolute atomic E-state index is 12.2. The zero-order chi connectivity index (χ0) is 22.6. The Morgan fingerprint density at radius 3 is 2.23 bits per heavy atom. The van der Waals surface area contributed by atoms with E-state index in [1.54, 1.807) is 29.2 Å². The van der Waals surface area contributed by atoms with Crippen LogP contribution in [0.1, 0.15) is 56.4 Å². The van der Waals surface area contributed by atoms with Gasteiger partial charge < -0.3 is 9.64 Å². The van der Waals surface area contributed by atoms with Crippen molar-refractivity contribution < 1.29 is 17.9 Å². The fourth-order valence-corrected chi connectivity index (χ4v) is 4.12. The average molecular weight is 443 g/mol. The van der Waals surface area contributed by atoms with Crippen molar-refractivity contribution in [1.29, 1.82) is 0 Å². The first-order chi connectivity index (χ1) is 14.5. The highest BCUT2D eigenvalue weighted by Crippen LogP contribution is 2.28. The number of pyridine rings is 1. The molecule has 0 unspecified atom stereocenters. The van der Waals surface area contributed by atoms with Gasteiger partial charge in [-0.05, 0) is 74.9 Å². The van der Waals surface area contributed by atoms with E-state index in [9.17, 15) is 13.2 Å². The molecule has 1 amide bonds. The number of aromatic nitrogens is 1. The third-order valence-electron chi connectivity index (χ3n) is 5.18. The third kappa shape index (κ3) is 6.66. The SMILES string of the molecule is CC(C)(C)OC(=O)N1CCC(c2ccc(C=Cc3ccc(S(C)(=O)=O)cc3)nc2)CC1. The van der Waals surface area contributed by atoms with Crippen LogP contribution < -0.4 is 0 Å². The van der Waals surface area contributed by atoms with Crippen molar-refractivity contribution in [3.8, 4) is 0 Å². The Morgan fingerprint density at radius 2 is 1.71 bits per heavy atom. The number of amides is 1. The Labute approximate surface area is 184 Å². The van der Waals surface area contributed by atoms with E-state index in [1.807, 2.05) is 45.2 Å². The van der Waals surface area contributed by atoms with E-state index in [1.165, 1.54) is 11.8 Å². The molecule has 1 aliphatic heterocycles. The summed E-state index contributed by atoms with van der Waals surface area (Å²) in [6.07, 6.45) is 8.46. The van der Waals surface area contributed by atoms with Crippen molar-refractivity contribution in [2.75, 3.05) is 19.3 Å². The lowest BCUT2D eigenvalue weighted by Gasteiger charge is -2.33. The summed E-state index contributed by atoms with van der Waals surface area (Å²) in [5.41, 5.74) is 2.45. The topological polar surface area (TPSA) is 76.6 Å². The molecular formula is C24H30N2O4S. The number of hydrogen-bond acceptors (Lipinski definition) is 5. The van der Waals surface area contributed by atoms with Crippen LogP contribution in [0.5, 0.6) is 0 Å². The standard InChI is InChI=1S/C24H30N2O4S/c1-24(2,3)30-23(27)26-15-13-19(14-16-26)20-8-10-21(25-17-20)9-5-18-6-11-22(12-7-18)31(4,28)29/h5-12,17,19H,13-16H2,1-4H3. The number of carbonyl (C=O) groups excluding carboxylic acids is 1. The second-order valence-corrected chi connectivity index (χ2v) is 10.9. The van der Waals surface area contributed by atoms with E-state index in [2.05, 4.69) is 11.1 Å². The van der Waals surface area contributed by atoms with Crippen LogP contribution in [-0.4, -0.2) is 49.3 Å². The number of nitrogens with zero attached hydrogens (tertiary/aromatic N) is 2. The van der Waals surface area contributed by atoms with E-state index in [0.29, 0.717) is 23.9 Å². The predicted octanol–water partition coefficient (Wildman–Crippen LogP) is 4.77. The number of sulfone groups is 1. The van der Waals surface area contributed by atoms with Crippen LogP contribution in [-0.2, 0) is 14.6 Å². The second-order valence-electron chi connectivity index (χ2n) is 8.93. The van der Waals surface area contributed by atoms with Crippen LogP contribution in [0.15, 0.2) is 47.5 Å². The lowest BCUT2D eigenvalue weighted by Crippen LogP contribution is -2.41. The number of likely N-dealkylation sites (tertiary alicyclic amines) is 1. The van der Waals surface area contributed by atoms with Crippen LogP contribution >= 0.6 is 0 Å². The highest BCUT2D eigenvalue weighted by atomic mass is 32.2. The molecule has 1 saturated heterocycles. The highest BCUT2D eigenvalue weighted by molar-refractivity contribution is 7.90. The number of benzene rings is 1. The Hall–Kier alpha value is -2.67. The number of ether oxygens (including phenoxy) is 1. The molecule has 0 saturated carbocycles. The molecule has 0 spiro atoms. The van der Waals surface area contributed by atoms with Crippen molar-refractivity contribution >= 4 is 28.1 Å². The number of carbonyl (C=O) groups is 1. The summed E-state index contributed by atoms with van der Waals surface area (Å²) >= 11 is 0. The monoisotopic (exact) mass is 442 g/mol. The van der Waals surface area contributed by atoms with Crippen molar-refractivity contribution in [3.63, 3.8) is 0 Å². The molecule has 0 radical (unpaired) electrons. The quantitative estimate of drug-likeness (QED) is 0.682. The smallest absolute Gasteiger partial charge is 0.410 e. The molecule has 31 heavy (non-hydrogen) atoms. The molecule has 1 aromatic carbocycles. The van der Waals surface area contributed by atoms with Gasteiger partial charge >= 0.3 is 6.09 Å². The maximum atomic E-state index is 12.2. The largest absolute Gasteiger partial charge is 0.444 e. The second kappa shape index (κ2) is 9.22. The molecule has 0 aliphatic carbocycles. The summed E-state index contributed by atoms with van der Waals surface area (Å²) < 4.78 is 28.5. The lowest BCUT2D eigenvalue weighted by atomic mass is 9.90. The molecule has 0 bridgehead atoms. The van der Waals surface area contributed by atoms with Crippen LogP contribution in [0.4, 0.5) is 4.79 Å². The van der Waals surface area contributed by atoms with Crippen molar-refractivity contribution in [1.82, 2.24) is 9.88 Å². The summed E-state index contributed by atoms with van der Waals surface area (Å²) in [6.45, 7) is 7.01. The van der Waals surface area contributed by atoms with E-state index in [4.69, 9.17) is 4.74 Å². The highest BCUT2D eigenvalue weighted by Gasteiger charge is 2.27. The van der Waals surface area contributed by atoms with Gasteiger partial charge in [0.25, 0.3) is 0 Å². The van der Waals surface area contributed by atoms with Crippen LogP contribution in [0.2, 0.25) is 0 Å². The van der Waals surface area contributed by atoms with Gasteiger partial charge in [-0.2, -0.15) is 0 Å². The molecule has 6 nitrogen and oxygen atoms in total. The molecule has 1 fully saturated rings. The van der Waals surface area contributed by atoms with Gasteiger partial charge in [-0.15, -0.1) is 0 Å². The zero-order valence-electron chi connectivity index (χ0n) is 18.5. The molecule has 1 aromatic heterocycles. The normalized spacial score (nSPS) is 15.9. The summed E-state index contributed by atoms with van der Waals surface area (Å²) in [4.78, 5) is 18.8. The van der Waals surface area contributed by atoms with Gasteiger partial charge in [0.1, 0.15) is 5.60 Å². The average Bonchev–Trinajstić information content (AvgIpc) is 2.71. The molecule has 0 N–H and O–H groups in total. The van der Waals surface area contributed by atoms with Gasteiger partial charge in [0, 0.05) is 25.5 Å². The minimum Gasteiger partial charge on any atom is -0.444 e. The summed E-state index contributed by atoms with van der Waals surface area (Å²) in [5, 5.41) is 0. The van der Waals surface area contributed by atoms with E-state index in [0.717, 1.165) is 24.1 Å². The van der Waals surface area contributed by atoms with E-state index >= 15 is 0 Å². The molecule has 0 atom stereocenters. The first-order valence-corrected chi connectivity index (χ1v) is 12.3. The number of hydrogen-bond donors (Lipinski definition) is 0. The Morgan fingerprint density at radius 1 is 1.06 bits per heavy atom. The first kappa shape index (κ1) is 23.0. The van der Waals surface area contributed by atoms with Crippen LogP contribution in [0.25, 0.3) is 12.2 Å². The fourth-order valence-electron chi connectivity index (χ4n) is 3.49. The Balaban J connectivity index is 1.56. The molecule has 2 aromatic rings. The third-order valence-corrected chi connectivity index (χ3v) is 6.31. The number of rotatable bonds is 4. The number of piperidine rings is 1. The first-order valence-electron chi connectivity index (χ1n) is 10.4. The predicted molar refractivity (Wildman–Crippen MR) is 122 cm³/mol. The van der Waals surface area contributed by atoms with Gasteiger partial charge in [0.2, 0.25) is 0 Å². The fraction of sp³-hybridized carbons (Fsp3) is 0.417. The lowest BCUT2D eigenvalue weighted by molar-refractivity contribution is 0.0205. The molecule has 2 heterocycles. The van der Waals surface area contributed by atoms with Gasteiger partial charge in [-0.1, -0.05) is 24.3 Å². The van der Waals surface area contributed by atoms with Crippen molar-refractivity contribution in [2.24, 2.45) is 0 Å². The summed E-state index contributed by atoms with van der Waals surface area (Å²) in [7, 11) is -3.18. The van der Waals surface area contributed by atoms with Crippen LogP contribution in [0, 0.1) is 0 Å². The summed E-state index contributed by atoms with van der Waals surface area (Å²) in [6, 6.07) is 10.8. The van der Waals surface area contributed by atoms with Gasteiger partial charge in [0.15, 0.2) is 9.84 Å². The zero-order valence-corrected chi connectivity index (χ0v) is 19.4. The minimum atomic E-state index is -3.18. The molecule has 3 rings (SSSR count). The van der Waals surface area contributed by atoms with Crippen molar-refractivity contribution in [3.05, 3.63) is 59.4 Å². The Kier molecular flexibility index (Phi) is 6.84. The molecule has 1 aliphatic rings.